The predicted molar refractivity (Wildman–Crippen MR) is 126 cm³/mol. The number of rotatable bonds is 7. The first-order chi connectivity index (χ1) is 14.7. The second kappa shape index (κ2) is 9.54. The number of benzene rings is 3. The van der Waals surface area contributed by atoms with E-state index in [1.807, 2.05) is 25.1 Å². The standard InChI is InChI=1S/C29H28O/c1-22(12-13-23-14-16-26(17-15-23)24-8-4-2-5-9-24)29(30)28-20-18-27(19-21-28)25-10-6-3-7-11-25/h2,4-6,8-11,14-22H,3,7,12-13H2,1H3. The number of Topliss-reactive ketones (excluding diaryl/α,β-unsaturated/α-hetero) is 1. The van der Waals surface area contributed by atoms with Crippen molar-refractivity contribution in [2.45, 2.75) is 32.6 Å². The number of carbonyl (C=O) groups is 1. The van der Waals surface area contributed by atoms with Crippen LogP contribution in [0.5, 0.6) is 0 Å². The molecular formula is C29H28O. The maximum Gasteiger partial charge on any atom is 0.165 e. The highest BCUT2D eigenvalue weighted by molar-refractivity contribution is 5.98. The summed E-state index contributed by atoms with van der Waals surface area (Å²) in [5.41, 5.74) is 7.00. The van der Waals surface area contributed by atoms with Crippen LogP contribution in [0.1, 0.15) is 47.7 Å². The van der Waals surface area contributed by atoms with E-state index in [4.69, 9.17) is 0 Å². The molecule has 30 heavy (non-hydrogen) atoms. The summed E-state index contributed by atoms with van der Waals surface area (Å²) in [5.74, 6) is 0.245. The van der Waals surface area contributed by atoms with Crippen LogP contribution < -0.4 is 0 Å². The minimum atomic E-state index is 0.0124. The highest BCUT2D eigenvalue weighted by atomic mass is 16.1. The average Bonchev–Trinajstić information content (AvgIpc) is 2.83. The van der Waals surface area contributed by atoms with Gasteiger partial charge in [0.1, 0.15) is 0 Å². The Bertz CT molecular complexity index is 1040. The van der Waals surface area contributed by atoms with Gasteiger partial charge in [-0.3, -0.25) is 4.79 Å². The highest BCUT2D eigenvalue weighted by Crippen LogP contribution is 2.24. The lowest BCUT2D eigenvalue weighted by Gasteiger charge is -2.12. The first-order valence-corrected chi connectivity index (χ1v) is 10.9. The van der Waals surface area contributed by atoms with E-state index >= 15 is 0 Å². The Hall–Kier alpha value is -3.19. The zero-order valence-corrected chi connectivity index (χ0v) is 17.6. The van der Waals surface area contributed by atoms with E-state index in [1.54, 1.807) is 0 Å². The molecule has 0 bridgehead atoms. The summed E-state index contributed by atoms with van der Waals surface area (Å²) in [6.07, 6.45) is 10.6. The van der Waals surface area contributed by atoms with Crippen molar-refractivity contribution in [3.8, 4) is 11.1 Å². The fourth-order valence-electron chi connectivity index (χ4n) is 3.95. The lowest BCUT2D eigenvalue weighted by Crippen LogP contribution is -2.12. The minimum absolute atomic E-state index is 0.0124. The molecule has 0 spiro atoms. The molecular weight excluding hydrogens is 364 g/mol. The predicted octanol–water partition coefficient (Wildman–Crippen LogP) is 7.54. The number of ketones is 1. The van der Waals surface area contributed by atoms with Crippen LogP contribution in [-0.4, -0.2) is 5.78 Å². The number of carbonyl (C=O) groups excluding carboxylic acids is 1. The van der Waals surface area contributed by atoms with Crippen LogP contribution in [0.3, 0.4) is 0 Å². The normalized spacial score (nSPS) is 14.2. The van der Waals surface area contributed by atoms with Gasteiger partial charge in [0.2, 0.25) is 0 Å². The van der Waals surface area contributed by atoms with Gasteiger partial charge >= 0.3 is 0 Å². The molecule has 150 valence electrons. The topological polar surface area (TPSA) is 17.1 Å². The fraction of sp³-hybridized carbons (Fsp3) is 0.207. The molecule has 1 atom stereocenters. The van der Waals surface area contributed by atoms with Crippen LogP contribution in [0.2, 0.25) is 0 Å². The summed E-state index contributed by atoms with van der Waals surface area (Å²) in [7, 11) is 0. The van der Waals surface area contributed by atoms with Gasteiger partial charge in [-0.15, -0.1) is 0 Å². The first-order valence-electron chi connectivity index (χ1n) is 10.9. The average molecular weight is 393 g/mol. The van der Waals surface area contributed by atoms with Crippen molar-refractivity contribution in [1.82, 2.24) is 0 Å². The van der Waals surface area contributed by atoms with E-state index in [0.717, 1.165) is 31.2 Å². The van der Waals surface area contributed by atoms with Crippen LogP contribution in [-0.2, 0) is 6.42 Å². The summed E-state index contributed by atoms with van der Waals surface area (Å²) in [6.45, 7) is 2.04. The maximum absolute atomic E-state index is 12.9. The van der Waals surface area contributed by atoms with Gasteiger partial charge in [0.25, 0.3) is 0 Å². The molecule has 3 aromatic rings. The molecule has 1 aliphatic rings. The lowest BCUT2D eigenvalue weighted by molar-refractivity contribution is 0.0924. The molecule has 0 saturated heterocycles. The minimum Gasteiger partial charge on any atom is -0.294 e. The quantitative estimate of drug-likeness (QED) is 0.380. The van der Waals surface area contributed by atoms with E-state index in [2.05, 4.69) is 78.9 Å². The van der Waals surface area contributed by atoms with Crippen LogP contribution in [0.25, 0.3) is 16.7 Å². The summed E-state index contributed by atoms with van der Waals surface area (Å²) in [5, 5.41) is 0. The highest BCUT2D eigenvalue weighted by Gasteiger charge is 2.15. The molecule has 0 N–H and O–H groups in total. The van der Waals surface area contributed by atoms with Crippen molar-refractivity contribution in [1.29, 1.82) is 0 Å². The molecule has 1 heteroatoms. The number of aryl methyl sites for hydroxylation is 1. The van der Waals surface area contributed by atoms with E-state index < -0.39 is 0 Å². The Labute approximate surface area is 179 Å². The Kier molecular flexibility index (Phi) is 6.39. The van der Waals surface area contributed by atoms with Crippen LogP contribution in [0.4, 0.5) is 0 Å². The lowest BCUT2D eigenvalue weighted by atomic mass is 9.91. The monoisotopic (exact) mass is 392 g/mol. The van der Waals surface area contributed by atoms with Gasteiger partial charge in [0.15, 0.2) is 5.78 Å². The molecule has 1 nitrogen and oxygen atoms in total. The van der Waals surface area contributed by atoms with Crippen molar-refractivity contribution in [3.63, 3.8) is 0 Å². The zero-order chi connectivity index (χ0) is 20.8. The van der Waals surface area contributed by atoms with Crippen molar-refractivity contribution in [2.24, 2.45) is 5.92 Å². The van der Waals surface area contributed by atoms with Crippen molar-refractivity contribution in [2.75, 3.05) is 0 Å². The smallest absolute Gasteiger partial charge is 0.165 e. The molecule has 0 aliphatic heterocycles. The largest absolute Gasteiger partial charge is 0.294 e. The Morgan fingerprint density at radius 1 is 0.800 bits per heavy atom. The fourth-order valence-corrected chi connectivity index (χ4v) is 3.95. The summed E-state index contributed by atoms with van der Waals surface area (Å²) in [4.78, 5) is 12.9. The first kappa shape index (κ1) is 20.1. The third-order valence-electron chi connectivity index (χ3n) is 5.87. The zero-order valence-electron chi connectivity index (χ0n) is 17.6. The van der Waals surface area contributed by atoms with E-state index in [1.165, 1.54) is 27.8 Å². The van der Waals surface area contributed by atoms with E-state index in [0.29, 0.717) is 0 Å². The Morgan fingerprint density at radius 2 is 1.47 bits per heavy atom. The number of allylic oxidation sites excluding steroid dienone is 4. The molecule has 0 aromatic heterocycles. The summed E-state index contributed by atoms with van der Waals surface area (Å²) >= 11 is 0. The second-order valence-corrected chi connectivity index (χ2v) is 8.08. The van der Waals surface area contributed by atoms with Crippen molar-refractivity contribution in [3.05, 3.63) is 114 Å². The van der Waals surface area contributed by atoms with Gasteiger partial charge in [0, 0.05) is 11.5 Å². The maximum atomic E-state index is 12.9. The van der Waals surface area contributed by atoms with Gasteiger partial charge in [-0.1, -0.05) is 104 Å². The van der Waals surface area contributed by atoms with E-state index in [-0.39, 0.29) is 11.7 Å². The van der Waals surface area contributed by atoms with Crippen LogP contribution in [0.15, 0.2) is 97.1 Å². The second-order valence-electron chi connectivity index (χ2n) is 8.08. The molecule has 3 aromatic carbocycles. The number of hydrogen-bond acceptors (Lipinski definition) is 1. The molecule has 4 rings (SSSR count). The molecule has 0 radical (unpaired) electrons. The van der Waals surface area contributed by atoms with Crippen molar-refractivity contribution >= 4 is 11.4 Å². The molecule has 0 amide bonds. The Balaban J connectivity index is 1.34. The van der Waals surface area contributed by atoms with Gasteiger partial charge in [-0.25, -0.2) is 0 Å². The van der Waals surface area contributed by atoms with Gasteiger partial charge < -0.3 is 0 Å². The number of hydrogen-bond donors (Lipinski definition) is 0. The molecule has 1 aliphatic carbocycles. The molecule has 0 fully saturated rings. The molecule has 0 saturated carbocycles. The summed E-state index contributed by atoms with van der Waals surface area (Å²) in [6, 6.07) is 27.2. The Morgan fingerprint density at radius 3 is 2.13 bits per heavy atom. The van der Waals surface area contributed by atoms with Crippen LogP contribution in [0, 0.1) is 5.92 Å². The van der Waals surface area contributed by atoms with Crippen LogP contribution >= 0.6 is 0 Å². The van der Waals surface area contributed by atoms with Gasteiger partial charge in [-0.2, -0.15) is 0 Å². The summed E-state index contributed by atoms with van der Waals surface area (Å²) < 4.78 is 0. The molecule has 0 heterocycles. The van der Waals surface area contributed by atoms with Crippen molar-refractivity contribution < 1.29 is 4.79 Å². The van der Waals surface area contributed by atoms with Gasteiger partial charge in [-0.05, 0) is 53.5 Å². The van der Waals surface area contributed by atoms with E-state index in [9.17, 15) is 4.79 Å². The van der Waals surface area contributed by atoms with Gasteiger partial charge in [0.05, 0.1) is 0 Å². The molecule has 1 unspecified atom stereocenters. The SMILES string of the molecule is CC(CCc1ccc(-c2ccccc2)cc1)C(=O)c1ccc(C2=CCCC=C2)cc1. The third-order valence-corrected chi connectivity index (χ3v) is 5.87. The third kappa shape index (κ3) is 4.86.